The zero-order valence-electron chi connectivity index (χ0n) is 24.9. The van der Waals surface area contributed by atoms with Gasteiger partial charge in [0.1, 0.15) is 17.4 Å². The molecule has 1 fully saturated rings. The third-order valence-corrected chi connectivity index (χ3v) is 6.76. The van der Waals surface area contributed by atoms with Gasteiger partial charge in [-0.1, -0.05) is 18.2 Å². The van der Waals surface area contributed by atoms with Crippen molar-refractivity contribution in [3.63, 3.8) is 0 Å². The van der Waals surface area contributed by atoms with Crippen molar-refractivity contribution in [2.45, 2.75) is 71.5 Å². The third-order valence-electron chi connectivity index (χ3n) is 6.76. The van der Waals surface area contributed by atoms with Crippen molar-refractivity contribution in [1.82, 2.24) is 4.90 Å². The molecule has 1 saturated heterocycles. The van der Waals surface area contributed by atoms with Crippen LogP contribution in [0.2, 0.25) is 0 Å². The van der Waals surface area contributed by atoms with Gasteiger partial charge in [-0.25, -0.2) is 4.79 Å². The minimum atomic E-state index is -0.732. The molecule has 2 atom stereocenters. The first-order valence-corrected chi connectivity index (χ1v) is 14.6. The van der Waals surface area contributed by atoms with E-state index in [2.05, 4.69) is 0 Å². The van der Waals surface area contributed by atoms with Crippen LogP contribution in [0.4, 0.5) is 0 Å². The summed E-state index contributed by atoms with van der Waals surface area (Å²) in [6.45, 7) is 7.00. The summed E-state index contributed by atoms with van der Waals surface area (Å²) in [6.07, 6.45) is 9.00. The molecule has 3 rings (SSSR count). The second kappa shape index (κ2) is 17.5. The summed E-state index contributed by atoms with van der Waals surface area (Å²) in [4.78, 5) is 28.5. The Morgan fingerprint density at radius 1 is 1.02 bits per heavy atom. The van der Waals surface area contributed by atoms with E-state index in [9.17, 15) is 14.7 Å². The van der Waals surface area contributed by atoms with Gasteiger partial charge in [-0.15, -0.1) is 0 Å². The molecular weight excluding hydrogens is 544 g/mol. The van der Waals surface area contributed by atoms with Gasteiger partial charge in [0.05, 0.1) is 6.10 Å². The fourth-order valence-corrected chi connectivity index (χ4v) is 4.58. The molecule has 0 saturated carbocycles. The van der Waals surface area contributed by atoms with Crippen LogP contribution in [0, 0.1) is 5.41 Å². The Morgan fingerprint density at radius 2 is 1.71 bits per heavy atom. The summed E-state index contributed by atoms with van der Waals surface area (Å²) in [5, 5.41) is 18.9. The maximum absolute atomic E-state index is 13.7. The van der Waals surface area contributed by atoms with Crippen LogP contribution in [0.25, 0.3) is 0 Å². The van der Waals surface area contributed by atoms with Crippen LogP contribution >= 0.6 is 0 Å². The van der Waals surface area contributed by atoms with Crippen LogP contribution in [-0.4, -0.2) is 86.3 Å². The molecule has 0 radical (unpaired) electrons. The molecule has 1 amide bonds. The van der Waals surface area contributed by atoms with Crippen molar-refractivity contribution in [2.24, 2.45) is 0 Å². The topological polar surface area (TPSA) is 137 Å². The van der Waals surface area contributed by atoms with E-state index < -0.39 is 18.2 Å². The summed E-state index contributed by atoms with van der Waals surface area (Å²) in [5.41, 5.74) is 0.474. The van der Waals surface area contributed by atoms with E-state index in [1.54, 1.807) is 36.1 Å². The van der Waals surface area contributed by atoms with Gasteiger partial charge in [0.25, 0.3) is 5.91 Å². The number of carbonyl (C=O) groups is 2. The van der Waals surface area contributed by atoms with E-state index in [0.29, 0.717) is 39.1 Å². The number of ether oxygens (including phenoxy) is 6. The highest BCUT2D eigenvalue weighted by atomic mass is 16.7. The van der Waals surface area contributed by atoms with Crippen molar-refractivity contribution >= 4 is 17.6 Å². The highest BCUT2D eigenvalue weighted by Gasteiger charge is 2.30. The van der Waals surface area contributed by atoms with Crippen molar-refractivity contribution in [2.75, 3.05) is 46.5 Å². The Hall–Kier alpha value is -3.41. The number of aliphatic hydroxyl groups excluding tert-OH is 1. The lowest BCUT2D eigenvalue weighted by molar-refractivity contribution is -0.134. The molecule has 2 aliphatic heterocycles. The standard InChI is InChI=1S/C31H44N2O9/c1-4-37-20-40-26-18-27(41-21-38-5-2)30(39-19-28(35)33-15-7-6-8-16-33)25-17-23(32)12-10-14-24(34)13-9-11-22(3)42-31(36)29(25)26/h9-10,12-13,18,22,24,32,34H,4-8,11,14-17,19-21H2,1-3H3/b12-10+,13-9+,32-23?/t22-,24+/m1/s1. The molecular formula is C31H44N2O9. The Balaban J connectivity index is 2.12. The number of rotatable bonds is 11. The van der Waals surface area contributed by atoms with E-state index in [4.69, 9.17) is 33.8 Å². The number of amides is 1. The molecule has 0 spiro atoms. The normalized spacial score (nSPS) is 21.5. The fourth-order valence-electron chi connectivity index (χ4n) is 4.58. The molecule has 1 aromatic carbocycles. The Bertz CT molecular complexity index is 1110. The predicted octanol–water partition coefficient (Wildman–Crippen LogP) is 4.20. The Kier molecular flexibility index (Phi) is 13.8. The highest BCUT2D eigenvalue weighted by Crippen LogP contribution is 2.41. The molecule has 0 aliphatic carbocycles. The van der Waals surface area contributed by atoms with Crippen LogP contribution < -0.4 is 14.2 Å². The lowest BCUT2D eigenvalue weighted by Gasteiger charge is -2.27. The molecule has 42 heavy (non-hydrogen) atoms. The lowest BCUT2D eigenvalue weighted by Crippen LogP contribution is -2.38. The number of aliphatic hydroxyl groups is 1. The van der Waals surface area contributed by atoms with Crippen LogP contribution in [0.5, 0.6) is 17.2 Å². The van der Waals surface area contributed by atoms with Gasteiger partial charge in [0.2, 0.25) is 0 Å². The van der Waals surface area contributed by atoms with Gasteiger partial charge < -0.3 is 43.8 Å². The molecule has 0 aromatic heterocycles. The molecule has 0 bridgehead atoms. The maximum Gasteiger partial charge on any atom is 0.342 e. The zero-order valence-corrected chi connectivity index (χ0v) is 24.9. The minimum absolute atomic E-state index is 0.0601. The summed E-state index contributed by atoms with van der Waals surface area (Å²) in [5.74, 6) is -0.406. The first-order chi connectivity index (χ1) is 20.3. The largest absolute Gasteiger partial charge is 0.480 e. The number of hydrogen-bond donors (Lipinski definition) is 2. The molecule has 2 heterocycles. The number of likely N-dealkylation sites (tertiary alicyclic amines) is 1. The van der Waals surface area contributed by atoms with Crippen molar-refractivity contribution < 1.29 is 43.1 Å². The second-order valence-electron chi connectivity index (χ2n) is 10.1. The molecule has 0 unspecified atom stereocenters. The van der Waals surface area contributed by atoms with E-state index in [1.807, 2.05) is 13.8 Å². The fraction of sp³-hybridized carbons (Fsp3) is 0.581. The first kappa shape index (κ1) is 33.1. The Morgan fingerprint density at radius 3 is 2.40 bits per heavy atom. The van der Waals surface area contributed by atoms with Crippen LogP contribution in [0.1, 0.15) is 68.8 Å². The van der Waals surface area contributed by atoms with E-state index in [0.717, 1.165) is 19.3 Å². The SMILES string of the molecule is CCOCOc1cc(OCOCC)c2c(c1OCC(=O)N1CCCCC1)CC(=N)/C=C/C[C@@H](O)/C=C/C[C@@H](C)OC2=O. The lowest BCUT2D eigenvalue weighted by atomic mass is 9.98. The van der Waals surface area contributed by atoms with Gasteiger partial charge in [0, 0.05) is 56.5 Å². The molecule has 2 aliphatic rings. The summed E-state index contributed by atoms with van der Waals surface area (Å²) in [7, 11) is 0. The van der Waals surface area contributed by atoms with Crippen LogP contribution in [-0.2, 0) is 25.4 Å². The number of allylic oxidation sites excluding steroid dienone is 1. The van der Waals surface area contributed by atoms with Crippen molar-refractivity contribution in [3.8, 4) is 17.2 Å². The third kappa shape index (κ3) is 10.1. The molecule has 11 heteroatoms. The average molecular weight is 589 g/mol. The summed E-state index contributed by atoms with van der Waals surface area (Å²) < 4.78 is 34.5. The number of nitrogens with one attached hydrogen (secondary N) is 1. The quantitative estimate of drug-likeness (QED) is 0.169. The minimum Gasteiger partial charge on any atom is -0.480 e. The number of esters is 1. The number of carbonyl (C=O) groups excluding carboxylic acids is 2. The van der Waals surface area contributed by atoms with Gasteiger partial charge in [-0.05, 0) is 52.5 Å². The smallest absolute Gasteiger partial charge is 0.342 e. The monoisotopic (exact) mass is 588 g/mol. The number of hydrogen-bond acceptors (Lipinski definition) is 10. The van der Waals surface area contributed by atoms with E-state index >= 15 is 0 Å². The maximum atomic E-state index is 13.7. The number of cyclic esters (lactones) is 1. The number of fused-ring (bicyclic) bond motifs is 1. The summed E-state index contributed by atoms with van der Waals surface area (Å²) in [6, 6.07) is 1.50. The van der Waals surface area contributed by atoms with E-state index in [-0.39, 0.29) is 66.6 Å². The van der Waals surface area contributed by atoms with Gasteiger partial charge in [0.15, 0.2) is 31.7 Å². The van der Waals surface area contributed by atoms with E-state index in [1.165, 1.54) is 6.07 Å². The average Bonchev–Trinajstić information content (AvgIpc) is 2.96. The molecule has 1 aromatic rings. The van der Waals surface area contributed by atoms with Gasteiger partial charge in [-0.2, -0.15) is 0 Å². The predicted molar refractivity (Wildman–Crippen MR) is 156 cm³/mol. The van der Waals surface area contributed by atoms with Crippen molar-refractivity contribution in [1.29, 1.82) is 5.41 Å². The summed E-state index contributed by atoms with van der Waals surface area (Å²) >= 11 is 0. The van der Waals surface area contributed by atoms with Gasteiger partial charge in [-0.3, -0.25) is 4.79 Å². The van der Waals surface area contributed by atoms with Crippen molar-refractivity contribution in [3.05, 3.63) is 41.5 Å². The number of nitrogens with zero attached hydrogens (tertiary/aromatic N) is 1. The second-order valence-corrected chi connectivity index (χ2v) is 10.1. The zero-order chi connectivity index (χ0) is 30.3. The van der Waals surface area contributed by atoms with Crippen LogP contribution in [0.3, 0.4) is 0 Å². The number of benzene rings is 1. The molecule has 11 nitrogen and oxygen atoms in total. The number of piperidine rings is 1. The van der Waals surface area contributed by atoms with Gasteiger partial charge >= 0.3 is 5.97 Å². The first-order valence-electron chi connectivity index (χ1n) is 14.6. The van der Waals surface area contributed by atoms with Crippen LogP contribution in [0.15, 0.2) is 30.4 Å². The molecule has 2 N–H and O–H groups in total. The highest BCUT2D eigenvalue weighted by molar-refractivity contribution is 6.01. The molecule has 232 valence electrons. The Labute approximate surface area is 247 Å².